The number of benzene rings is 2. The van der Waals surface area contributed by atoms with Gasteiger partial charge in [0.25, 0.3) is 5.91 Å². The van der Waals surface area contributed by atoms with Crippen LogP contribution in [0.4, 0.5) is 4.39 Å². The SMILES string of the molecule is COc1cc(/C=C/C(=O)OCc2coc(-c3ccc(F)cc3)n2)ccc1OCC(N)=O. The minimum atomic E-state index is -0.606. The monoisotopic (exact) mass is 426 g/mol. The van der Waals surface area contributed by atoms with Crippen LogP contribution in [0.5, 0.6) is 11.5 Å². The van der Waals surface area contributed by atoms with E-state index in [1.54, 1.807) is 18.2 Å². The second kappa shape index (κ2) is 10.1. The normalized spacial score (nSPS) is 10.8. The van der Waals surface area contributed by atoms with E-state index < -0.39 is 11.9 Å². The summed E-state index contributed by atoms with van der Waals surface area (Å²) in [5, 5.41) is 0. The second-order valence-electron chi connectivity index (χ2n) is 6.26. The van der Waals surface area contributed by atoms with Gasteiger partial charge in [0, 0.05) is 11.6 Å². The first-order chi connectivity index (χ1) is 14.9. The number of primary amides is 1. The van der Waals surface area contributed by atoms with E-state index in [9.17, 15) is 14.0 Å². The minimum absolute atomic E-state index is 0.0862. The lowest BCUT2D eigenvalue weighted by atomic mass is 10.2. The van der Waals surface area contributed by atoms with Crippen molar-refractivity contribution in [1.29, 1.82) is 0 Å². The van der Waals surface area contributed by atoms with Crippen molar-refractivity contribution < 1.29 is 32.6 Å². The molecule has 0 bridgehead atoms. The summed E-state index contributed by atoms with van der Waals surface area (Å²) in [7, 11) is 1.45. The van der Waals surface area contributed by atoms with Crippen molar-refractivity contribution in [3.8, 4) is 23.0 Å². The predicted molar refractivity (Wildman–Crippen MR) is 108 cm³/mol. The number of hydrogen-bond acceptors (Lipinski definition) is 7. The van der Waals surface area contributed by atoms with Gasteiger partial charge in [-0.1, -0.05) is 6.07 Å². The number of rotatable bonds is 9. The number of ether oxygens (including phenoxy) is 3. The number of amides is 1. The fourth-order valence-corrected chi connectivity index (χ4v) is 2.51. The minimum Gasteiger partial charge on any atom is -0.493 e. The largest absolute Gasteiger partial charge is 0.493 e. The van der Waals surface area contributed by atoms with Crippen molar-refractivity contribution in [3.05, 3.63) is 71.9 Å². The van der Waals surface area contributed by atoms with Crippen LogP contribution < -0.4 is 15.2 Å². The molecule has 9 heteroatoms. The Balaban J connectivity index is 1.56. The van der Waals surface area contributed by atoms with E-state index in [1.807, 2.05) is 0 Å². The van der Waals surface area contributed by atoms with Crippen LogP contribution in [0, 0.1) is 5.82 Å². The summed E-state index contributed by atoms with van der Waals surface area (Å²) in [6.07, 6.45) is 4.15. The van der Waals surface area contributed by atoms with Crippen molar-refractivity contribution in [3.63, 3.8) is 0 Å². The molecule has 0 saturated heterocycles. The third kappa shape index (κ3) is 6.17. The molecule has 0 radical (unpaired) electrons. The highest BCUT2D eigenvalue weighted by Crippen LogP contribution is 2.28. The van der Waals surface area contributed by atoms with Gasteiger partial charge in [-0.05, 0) is 48.0 Å². The summed E-state index contributed by atoms with van der Waals surface area (Å²) in [5.74, 6) is -0.518. The number of esters is 1. The molecule has 0 unspecified atom stereocenters. The molecule has 3 aromatic rings. The Morgan fingerprint density at radius 2 is 1.94 bits per heavy atom. The number of aromatic nitrogens is 1. The lowest BCUT2D eigenvalue weighted by Crippen LogP contribution is -2.20. The average molecular weight is 426 g/mol. The molecule has 0 fully saturated rings. The Kier molecular flexibility index (Phi) is 7.00. The van der Waals surface area contributed by atoms with Crippen LogP contribution in [-0.2, 0) is 20.9 Å². The van der Waals surface area contributed by atoms with E-state index in [4.69, 9.17) is 24.4 Å². The Morgan fingerprint density at radius 1 is 1.16 bits per heavy atom. The lowest BCUT2D eigenvalue weighted by molar-refractivity contribution is -0.139. The van der Waals surface area contributed by atoms with Gasteiger partial charge in [0.1, 0.15) is 24.4 Å². The molecule has 0 aliphatic rings. The van der Waals surface area contributed by atoms with Gasteiger partial charge in [-0.2, -0.15) is 0 Å². The first kappa shape index (κ1) is 21.6. The molecule has 0 spiro atoms. The molecule has 2 aromatic carbocycles. The second-order valence-corrected chi connectivity index (χ2v) is 6.26. The molecule has 1 heterocycles. The molecule has 3 rings (SSSR count). The summed E-state index contributed by atoms with van der Waals surface area (Å²) in [5.41, 5.74) is 6.73. The number of hydrogen-bond donors (Lipinski definition) is 1. The standard InChI is InChI=1S/C22H19FN2O6/c1-28-19-10-14(2-8-18(19)29-13-20(24)26)3-9-21(27)30-11-17-12-31-22(25-17)15-4-6-16(23)7-5-15/h2-10,12H,11,13H2,1H3,(H2,24,26)/b9-3+. The summed E-state index contributed by atoms with van der Waals surface area (Å²) >= 11 is 0. The average Bonchev–Trinajstić information content (AvgIpc) is 3.24. The molecule has 0 atom stereocenters. The van der Waals surface area contributed by atoms with Crippen molar-refractivity contribution >= 4 is 18.0 Å². The van der Waals surface area contributed by atoms with Crippen molar-refractivity contribution in [2.24, 2.45) is 5.73 Å². The number of nitrogens with zero attached hydrogens (tertiary/aromatic N) is 1. The van der Waals surface area contributed by atoms with E-state index in [2.05, 4.69) is 4.98 Å². The molecule has 0 aliphatic carbocycles. The Bertz CT molecular complexity index is 1090. The molecular formula is C22H19FN2O6. The van der Waals surface area contributed by atoms with E-state index in [1.165, 1.54) is 49.8 Å². The van der Waals surface area contributed by atoms with Crippen LogP contribution in [0.15, 0.2) is 59.2 Å². The van der Waals surface area contributed by atoms with Crippen LogP contribution >= 0.6 is 0 Å². The van der Waals surface area contributed by atoms with Gasteiger partial charge in [-0.15, -0.1) is 0 Å². The molecule has 0 aliphatic heterocycles. The van der Waals surface area contributed by atoms with Crippen molar-refractivity contribution in [1.82, 2.24) is 4.98 Å². The van der Waals surface area contributed by atoms with Gasteiger partial charge < -0.3 is 24.4 Å². The maximum Gasteiger partial charge on any atom is 0.331 e. The number of carbonyl (C=O) groups is 2. The molecule has 1 aromatic heterocycles. The zero-order valence-electron chi connectivity index (χ0n) is 16.5. The molecule has 160 valence electrons. The highest BCUT2D eigenvalue weighted by Gasteiger charge is 2.09. The Morgan fingerprint density at radius 3 is 2.65 bits per heavy atom. The number of methoxy groups -OCH3 is 1. The Labute approximate surface area is 177 Å². The molecule has 31 heavy (non-hydrogen) atoms. The first-order valence-electron chi connectivity index (χ1n) is 9.09. The number of nitrogens with two attached hydrogens (primary N) is 1. The van der Waals surface area contributed by atoms with E-state index >= 15 is 0 Å². The van der Waals surface area contributed by atoms with Crippen LogP contribution in [-0.4, -0.2) is 30.6 Å². The quantitative estimate of drug-likeness (QED) is 0.413. The fourth-order valence-electron chi connectivity index (χ4n) is 2.51. The van der Waals surface area contributed by atoms with Gasteiger partial charge >= 0.3 is 5.97 Å². The first-order valence-corrected chi connectivity index (χ1v) is 9.09. The van der Waals surface area contributed by atoms with Gasteiger partial charge in [0.05, 0.1) is 7.11 Å². The summed E-state index contributed by atoms with van der Waals surface area (Å²) < 4.78 is 33.9. The Hall–Kier alpha value is -4.14. The van der Waals surface area contributed by atoms with Crippen molar-refractivity contribution in [2.75, 3.05) is 13.7 Å². The topological polar surface area (TPSA) is 114 Å². The van der Waals surface area contributed by atoms with E-state index in [0.717, 1.165) is 0 Å². The fraction of sp³-hybridized carbons (Fsp3) is 0.136. The molecule has 2 N–H and O–H groups in total. The van der Waals surface area contributed by atoms with E-state index in [-0.39, 0.29) is 19.0 Å². The van der Waals surface area contributed by atoms with Crippen LogP contribution in [0.2, 0.25) is 0 Å². The zero-order valence-corrected chi connectivity index (χ0v) is 16.5. The molecule has 0 saturated carbocycles. The number of halogens is 1. The van der Waals surface area contributed by atoms with Crippen LogP contribution in [0.25, 0.3) is 17.5 Å². The van der Waals surface area contributed by atoms with Gasteiger partial charge in [-0.3, -0.25) is 4.79 Å². The molecule has 8 nitrogen and oxygen atoms in total. The predicted octanol–water partition coefficient (Wildman–Crippen LogP) is 3.11. The third-order valence-corrected chi connectivity index (χ3v) is 3.97. The maximum absolute atomic E-state index is 13.0. The summed E-state index contributed by atoms with van der Waals surface area (Å²) in [6.45, 7) is -0.361. The molecular weight excluding hydrogens is 407 g/mol. The zero-order chi connectivity index (χ0) is 22.2. The third-order valence-electron chi connectivity index (χ3n) is 3.97. The van der Waals surface area contributed by atoms with Crippen LogP contribution in [0.1, 0.15) is 11.3 Å². The van der Waals surface area contributed by atoms with Gasteiger partial charge in [0.2, 0.25) is 5.89 Å². The summed E-state index contributed by atoms with van der Waals surface area (Å²) in [6, 6.07) is 10.6. The maximum atomic E-state index is 13.0. The van der Waals surface area contributed by atoms with E-state index in [0.29, 0.717) is 34.2 Å². The molecule has 1 amide bonds. The van der Waals surface area contributed by atoms with Gasteiger partial charge in [-0.25, -0.2) is 14.2 Å². The number of carbonyl (C=O) groups excluding carboxylic acids is 2. The van der Waals surface area contributed by atoms with Crippen molar-refractivity contribution in [2.45, 2.75) is 6.61 Å². The van der Waals surface area contributed by atoms with Gasteiger partial charge in [0.15, 0.2) is 18.1 Å². The smallest absolute Gasteiger partial charge is 0.331 e. The highest BCUT2D eigenvalue weighted by atomic mass is 19.1. The van der Waals surface area contributed by atoms with Crippen LogP contribution in [0.3, 0.4) is 0 Å². The number of oxazole rings is 1. The summed E-state index contributed by atoms with van der Waals surface area (Å²) in [4.78, 5) is 27.0. The highest BCUT2D eigenvalue weighted by molar-refractivity contribution is 5.87. The lowest BCUT2D eigenvalue weighted by Gasteiger charge is -2.09.